The molecule has 0 bridgehead atoms. The van der Waals surface area contributed by atoms with E-state index >= 15 is 0 Å². The van der Waals surface area contributed by atoms with Crippen molar-refractivity contribution in [1.29, 1.82) is 0 Å². The molecule has 7 aromatic rings. The summed E-state index contributed by atoms with van der Waals surface area (Å²) in [5, 5.41) is 68.2. The number of rotatable bonds is 27. The predicted molar refractivity (Wildman–Crippen MR) is 331 cm³/mol. The first-order valence-corrected chi connectivity index (χ1v) is 28.2. The molecule has 1 aliphatic carbocycles. The van der Waals surface area contributed by atoms with E-state index in [1.807, 2.05) is 0 Å². The molecule has 9 rings (SSSR count). The molecule has 2 aliphatic rings. The highest BCUT2D eigenvalue weighted by Crippen LogP contribution is 2.43. The average Bonchev–Trinajstić information content (AvgIpc) is 1.13. The number of unbranched alkanes of at least 4 members (excludes halogenated alkanes) is 1. The number of hydrogen-bond acceptors (Lipinski definition) is 22. The van der Waals surface area contributed by atoms with Crippen molar-refractivity contribution in [3.05, 3.63) is 162 Å². The van der Waals surface area contributed by atoms with Gasteiger partial charge in [0.25, 0.3) is 17.2 Å². The van der Waals surface area contributed by atoms with Crippen LogP contribution in [0.15, 0.2) is 117 Å². The summed E-state index contributed by atoms with van der Waals surface area (Å²) in [6, 6.07) is 20.6. The molecule has 0 saturated heterocycles. The third-order valence-corrected chi connectivity index (χ3v) is 14.1. The third-order valence-electron chi connectivity index (χ3n) is 13.8. The lowest BCUT2D eigenvalue weighted by atomic mass is 9.90. The van der Waals surface area contributed by atoms with Crippen LogP contribution in [0.2, 0.25) is 0 Å². The Morgan fingerprint density at radius 2 is 1.65 bits per heavy atom. The van der Waals surface area contributed by atoms with Crippen LogP contribution >= 0.6 is 12.2 Å². The smallest absolute Gasteiger partial charge is 0.407 e. The Bertz CT molecular complexity index is 4350. The number of nitrogens with two attached hydrogens (primary N) is 1. The van der Waals surface area contributed by atoms with Gasteiger partial charge in [0, 0.05) is 78.2 Å². The fourth-order valence-electron chi connectivity index (χ4n) is 9.41. The zero-order valence-electron chi connectivity index (χ0n) is 48.3. The Hall–Kier alpha value is -11.8. The number of phenols is 1. The first-order valence-electron chi connectivity index (χ1n) is 27.8. The van der Waals surface area contributed by atoms with Crippen LogP contribution in [-0.4, -0.2) is 123 Å². The largest absolute Gasteiger partial charge is 0.508 e. The van der Waals surface area contributed by atoms with Crippen molar-refractivity contribution in [3.8, 4) is 39.7 Å². The number of fused-ring (bicyclic) bond motifs is 3. The van der Waals surface area contributed by atoms with Gasteiger partial charge < -0.3 is 71.6 Å². The quantitative estimate of drug-likeness (QED) is 0.00979. The molecule has 31 nitrogen and oxygen atoms in total. The third kappa shape index (κ3) is 16.2. The van der Waals surface area contributed by atoms with Crippen molar-refractivity contribution < 1.29 is 62.8 Å². The first-order chi connectivity index (χ1) is 43.7. The zero-order valence-corrected chi connectivity index (χ0v) is 49.1. The lowest BCUT2D eigenvalue weighted by Gasteiger charge is -2.18. The number of benzene rings is 5. The first kappa shape index (κ1) is 63.7. The van der Waals surface area contributed by atoms with Crippen LogP contribution in [0.5, 0.6) is 17.2 Å². The Kier molecular flexibility index (Phi) is 20.1. The number of thiocarbonyl (C=S) groups is 1. The highest BCUT2D eigenvalue weighted by Gasteiger charge is 2.28. The second-order valence-corrected chi connectivity index (χ2v) is 20.6. The molecule has 2 unspecified atom stereocenters. The van der Waals surface area contributed by atoms with Gasteiger partial charge in [0.2, 0.25) is 11.9 Å². The van der Waals surface area contributed by atoms with E-state index in [1.165, 1.54) is 68.8 Å². The number of amides is 3. The van der Waals surface area contributed by atoms with Gasteiger partial charge in [-0.1, -0.05) is 11.3 Å². The van der Waals surface area contributed by atoms with Crippen LogP contribution in [0.25, 0.3) is 44.6 Å². The van der Waals surface area contributed by atoms with Gasteiger partial charge in [-0.05, 0) is 111 Å². The molecule has 0 radical (unpaired) electrons. The van der Waals surface area contributed by atoms with E-state index in [-0.39, 0.29) is 112 Å². The maximum atomic E-state index is 13.0. The summed E-state index contributed by atoms with van der Waals surface area (Å²) < 4.78 is 24.3. The topological polar surface area (TPSA) is 448 Å². The predicted octanol–water partition coefficient (Wildman–Crippen LogP) is 5.61. The number of carbonyl (C=O) groups is 5. The molecule has 4 heterocycles. The number of aromatic hydroxyl groups is 1. The molecule has 3 amide bonds. The van der Waals surface area contributed by atoms with Gasteiger partial charge in [-0.3, -0.25) is 39.0 Å². The molecule has 1 aliphatic heterocycles. The number of aromatic nitrogens is 7. The van der Waals surface area contributed by atoms with E-state index in [0.717, 1.165) is 6.07 Å². The Balaban J connectivity index is 0.675. The minimum atomic E-state index is -1.42. The Morgan fingerprint density at radius 1 is 0.879 bits per heavy atom. The number of nitrogens with one attached hydrogen (secondary N) is 7. The van der Waals surface area contributed by atoms with Gasteiger partial charge in [0.1, 0.15) is 41.5 Å². The summed E-state index contributed by atoms with van der Waals surface area (Å²) in [4.78, 5) is 114. The Morgan fingerprint density at radius 3 is 2.41 bits per heavy atom. The van der Waals surface area contributed by atoms with Crippen LogP contribution in [0.1, 0.15) is 76.4 Å². The fourth-order valence-corrected chi connectivity index (χ4v) is 9.63. The number of methoxy groups -OCH3 is 1. The Labute approximate surface area is 518 Å². The van der Waals surface area contributed by atoms with Crippen molar-refractivity contribution in [2.75, 3.05) is 43.1 Å². The number of aryl methyl sites for hydroxylation is 1. The van der Waals surface area contributed by atoms with Gasteiger partial charge in [-0.2, -0.15) is 4.98 Å². The van der Waals surface area contributed by atoms with Crippen LogP contribution in [0.4, 0.5) is 27.8 Å². The van der Waals surface area contributed by atoms with E-state index < -0.39 is 58.2 Å². The number of hydrogen-bond donors (Lipinski definition) is 11. The molecule has 2 atom stereocenters. The summed E-state index contributed by atoms with van der Waals surface area (Å²) >= 11 is 5.51. The number of nitro benzene ring substituents is 1. The van der Waals surface area contributed by atoms with Crippen molar-refractivity contribution in [2.45, 2.75) is 64.4 Å². The number of carbonyl (C=O) groups excluding carboxylic acids is 3. The molecule has 0 saturated carbocycles. The zero-order chi connectivity index (χ0) is 64.9. The van der Waals surface area contributed by atoms with Gasteiger partial charge in [-0.25, -0.2) is 24.4 Å². The number of alkyl carbamates (subject to hydrolysis) is 1. The van der Waals surface area contributed by atoms with Gasteiger partial charge in [0.15, 0.2) is 33.2 Å². The van der Waals surface area contributed by atoms with Crippen molar-refractivity contribution in [1.82, 2.24) is 56.2 Å². The molecular weight excluding hydrogens is 1210 g/mol. The summed E-state index contributed by atoms with van der Waals surface area (Å²) in [6.07, 6.45) is 1.64. The number of nitro groups is 1. The summed E-state index contributed by atoms with van der Waals surface area (Å²) in [5.74, 6) is -3.70. The molecule has 3 aromatic heterocycles. The number of carboxylic acids is 2. The molecule has 32 heteroatoms. The molecule has 0 fully saturated rings. The minimum Gasteiger partial charge on any atom is -0.508 e. The number of ether oxygens (including phenoxy) is 3. The number of H-pyrrole nitrogens is 1. The number of carboxylic acid groups (broad SMARTS) is 2. The number of nitrogens with zero attached hydrogens (tertiary/aromatic N) is 7. The number of nitrogen functional groups attached to an aromatic ring is 1. The second-order valence-electron chi connectivity index (χ2n) is 20.2. The van der Waals surface area contributed by atoms with E-state index in [1.54, 1.807) is 47.3 Å². The highest BCUT2D eigenvalue weighted by molar-refractivity contribution is 7.80. The summed E-state index contributed by atoms with van der Waals surface area (Å²) in [5.41, 5.74) is 7.88. The molecule has 0 spiro atoms. The van der Waals surface area contributed by atoms with Crippen LogP contribution in [0, 0.1) is 10.1 Å². The van der Waals surface area contributed by atoms with Crippen LogP contribution < -0.4 is 58.1 Å². The molecule has 91 heavy (non-hydrogen) atoms. The van der Waals surface area contributed by atoms with E-state index in [4.69, 9.17) is 36.6 Å². The molecular formula is C59H57N15O16S. The SMILES string of the molecule is COc1cc(C(C)OC(=O)NCCNC(=O)CCC(NC(=O)c2ccc(NCc3cnc4nc(N)[nH]c(=O)c4n3)cc2)C(=O)O)c([N+](=O)[O-])cc1OCc1cn(CCCCNC(=S)Nc2ccc(-c3c4ccc(=O)cc-4oc4cc(O)ccc34)c(C(=O)O)c2)nn1. The van der Waals surface area contributed by atoms with E-state index in [0.29, 0.717) is 70.8 Å². The van der Waals surface area contributed by atoms with Crippen molar-refractivity contribution in [2.24, 2.45) is 0 Å². The lowest BCUT2D eigenvalue weighted by molar-refractivity contribution is -0.386. The maximum absolute atomic E-state index is 13.0. The standard InChI is InChI=1S/C59H57N15O16S/c1-30(89-59(84)63-19-18-61-49(77)16-15-43(56(82)83)68-53(78)31-5-7-32(8-6-31)64-26-34-27-65-52-51(66-34)54(79)70-57(60)69-52)41-24-47(87-2)48(25-44(41)74(85)86)88-29-35-28-73(72-71-35)20-4-3-17-62-58(91)67-33-9-12-38(42(21-33)55(80)81)50-39-13-10-36(75)22-45(39)90-46-23-37(76)11-14-40(46)50/h5-14,21-25,27-28,30,43,64,75H,3-4,15-20,26,29H2,1-2H3,(H,61,77)(H,63,84)(H,68,78)(H,80,81)(H,82,83)(H2,62,67,91)(H3,60,65,69,70,79). The average molecular weight is 1260 g/mol. The number of aliphatic carboxylic acids is 1. The molecule has 12 N–H and O–H groups in total. The van der Waals surface area contributed by atoms with Crippen LogP contribution in [0.3, 0.4) is 0 Å². The molecule has 470 valence electrons. The van der Waals surface area contributed by atoms with Crippen LogP contribution in [-0.2, 0) is 34.0 Å². The fraction of sp³-hybridized carbons (Fsp3) is 0.237. The van der Waals surface area contributed by atoms with Gasteiger partial charge in [0.05, 0.1) is 53.9 Å². The highest BCUT2D eigenvalue weighted by atomic mass is 32.1. The van der Waals surface area contributed by atoms with Crippen molar-refractivity contribution in [3.63, 3.8) is 0 Å². The molecule has 4 aromatic carbocycles. The summed E-state index contributed by atoms with van der Waals surface area (Å²) in [6.45, 7) is 2.10. The second kappa shape index (κ2) is 28.8. The van der Waals surface area contributed by atoms with Gasteiger partial charge in [-0.15, -0.1) is 5.10 Å². The summed E-state index contributed by atoms with van der Waals surface area (Å²) in [7, 11) is 1.32. The number of aromatic carboxylic acids is 1. The number of phenolic OH excluding ortho intramolecular Hbond substituents is 1. The minimum absolute atomic E-state index is 0.00315. The van der Waals surface area contributed by atoms with Gasteiger partial charge >= 0.3 is 18.0 Å². The number of aromatic amines is 1. The van der Waals surface area contributed by atoms with Crippen molar-refractivity contribution >= 4 is 92.3 Å². The normalized spacial score (nSPS) is 11.7. The maximum Gasteiger partial charge on any atom is 0.407 e. The lowest BCUT2D eigenvalue weighted by Crippen LogP contribution is -2.42. The van der Waals surface area contributed by atoms with E-state index in [2.05, 4.69) is 62.1 Å². The van der Waals surface area contributed by atoms with E-state index in [9.17, 15) is 59.0 Å². The number of anilines is 3. The monoisotopic (exact) mass is 1260 g/mol.